The van der Waals surface area contributed by atoms with Gasteiger partial charge in [-0.3, -0.25) is 4.79 Å². The zero-order valence-corrected chi connectivity index (χ0v) is 15.0. The van der Waals surface area contributed by atoms with Gasteiger partial charge in [-0.1, -0.05) is 36.4 Å². The largest absolute Gasteiger partial charge is 0.378 e. The number of fused-ring (bicyclic) bond motifs is 3. The third-order valence-electron chi connectivity index (χ3n) is 5.37. The molecule has 0 bridgehead atoms. The molecule has 2 aliphatic rings. The Morgan fingerprint density at radius 2 is 1.85 bits per heavy atom. The first-order chi connectivity index (χ1) is 12.5. The lowest BCUT2D eigenvalue weighted by molar-refractivity contribution is -0.117. The SMILES string of the molecule is CC1(C)CC(=O)C2=C(N1)c1nc(-c3ccc4ccccc4c3)[nH]c1CC2. The third-order valence-corrected chi connectivity index (χ3v) is 5.37. The summed E-state index contributed by atoms with van der Waals surface area (Å²) in [6.07, 6.45) is 2.16. The predicted octanol–water partition coefficient (Wildman–Crippen LogP) is 4.23. The summed E-state index contributed by atoms with van der Waals surface area (Å²) < 4.78 is 0. The molecule has 0 saturated heterocycles. The molecule has 1 aliphatic carbocycles. The number of aryl methyl sites for hydroxylation is 1. The van der Waals surface area contributed by atoms with Gasteiger partial charge in [-0.15, -0.1) is 0 Å². The number of carbonyl (C=O) groups excluding carboxylic acids is 1. The first kappa shape index (κ1) is 15.4. The number of Topliss-reactive ketones (excluding diaryl/α,β-unsaturated/α-hetero) is 1. The number of hydrogen-bond acceptors (Lipinski definition) is 3. The summed E-state index contributed by atoms with van der Waals surface area (Å²) in [7, 11) is 0. The van der Waals surface area contributed by atoms with Crippen molar-refractivity contribution in [3.8, 4) is 11.4 Å². The molecule has 130 valence electrons. The summed E-state index contributed by atoms with van der Waals surface area (Å²) in [5.41, 5.74) is 4.71. The van der Waals surface area contributed by atoms with Crippen LogP contribution >= 0.6 is 0 Å². The zero-order chi connectivity index (χ0) is 17.9. The number of allylic oxidation sites excluding steroid dienone is 1. The van der Waals surface area contributed by atoms with Crippen molar-refractivity contribution in [1.29, 1.82) is 0 Å². The van der Waals surface area contributed by atoms with E-state index in [1.807, 2.05) is 0 Å². The van der Waals surface area contributed by atoms with Crippen molar-refractivity contribution in [3.63, 3.8) is 0 Å². The number of carbonyl (C=O) groups is 1. The van der Waals surface area contributed by atoms with Gasteiger partial charge in [0.25, 0.3) is 0 Å². The summed E-state index contributed by atoms with van der Waals surface area (Å²) >= 11 is 0. The number of aromatic nitrogens is 2. The number of benzene rings is 2. The number of hydrogen-bond donors (Lipinski definition) is 2. The molecule has 5 rings (SSSR count). The monoisotopic (exact) mass is 343 g/mol. The predicted molar refractivity (Wildman–Crippen MR) is 104 cm³/mol. The molecule has 3 aromatic rings. The highest BCUT2D eigenvalue weighted by molar-refractivity contribution is 6.05. The summed E-state index contributed by atoms with van der Waals surface area (Å²) in [5.74, 6) is 1.12. The van der Waals surface area contributed by atoms with E-state index in [2.05, 4.69) is 66.6 Å². The van der Waals surface area contributed by atoms with Gasteiger partial charge >= 0.3 is 0 Å². The van der Waals surface area contributed by atoms with Crippen LogP contribution in [0.5, 0.6) is 0 Å². The van der Waals surface area contributed by atoms with E-state index in [-0.39, 0.29) is 11.3 Å². The molecule has 0 amide bonds. The molecular weight excluding hydrogens is 322 g/mol. The maximum absolute atomic E-state index is 12.5. The average Bonchev–Trinajstić information content (AvgIpc) is 3.05. The van der Waals surface area contributed by atoms with Gasteiger partial charge in [0.05, 0.1) is 5.70 Å². The van der Waals surface area contributed by atoms with Crippen LogP contribution in [0.2, 0.25) is 0 Å². The van der Waals surface area contributed by atoms with Crippen molar-refractivity contribution in [2.45, 2.75) is 38.6 Å². The second-order valence-corrected chi connectivity index (χ2v) is 7.94. The van der Waals surface area contributed by atoms with Gasteiger partial charge in [-0.25, -0.2) is 4.98 Å². The summed E-state index contributed by atoms with van der Waals surface area (Å²) in [5, 5.41) is 5.97. The van der Waals surface area contributed by atoms with Crippen LogP contribution in [0.3, 0.4) is 0 Å². The molecule has 26 heavy (non-hydrogen) atoms. The lowest BCUT2D eigenvalue weighted by Gasteiger charge is -2.36. The van der Waals surface area contributed by atoms with Gasteiger partial charge in [-0.2, -0.15) is 0 Å². The topological polar surface area (TPSA) is 57.8 Å². The normalized spacial score (nSPS) is 18.5. The van der Waals surface area contributed by atoms with Crippen molar-refractivity contribution in [3.05, 3.63) is 59.4 Å². The number of nitrogens with one attached hydrogen (secondary N) is 2. The van der Waals surface area contributed by atoms with Gasteiger partial charge in [-0.05, 0) is 43.5 Å². The molecule has 4 nitrogen and oxygen atoms in total. The van der Waals surface area contributed by atoms with Gasteiger partial charge in [0.15, 0.2) is 5.78 Å². The van der Waals surface area contributed by atoms with E-state index >= 15 is 0 Å². The maximum Gasteiger partial charge on any atom is 0.163 e. The number of nitrogens with zero attached hydrogens (tertiary/aromatic N) is 1. The van der Waals surface area contributed by atoms with Crippen LogP contribution in [0, 0.1) is 0 Å². The van der Waals surface area contributed by atoms with E-state index in [9.17, 15) is 4.79 Å². The zero-order valence-electron chi connectivity index (χ0n) is 15.0. The smallest absolute Gasteiger partial charge is 0.163 e. The van der Waals surface area contributed by atoms with Gasteiger partial charge in [0, 0.05) is 28.8 Å². The van der Waals surface area contributed by atoms with E-state index in [0.29, 0.717) is 6.42 Å². The van der Waals surface area contributed by atoms with E-state index in [0.717, 1.165) is 46.9 Å². The molecule has 2 aromatic carbocycles. The number of imidazole rings is 1. The fourth-order valence-corrected chi connectivity index (χ4v) is 4.09. The Bertz CT molecular complexity index is 1090. The van der Waals surface area contributed by atoms with Crippen LogP contribution in [-0.4, -0.2) is 21.3 Å². The highest BCUT2D eigenvalue weighted by atomic mass is 16.1. The fraction of sp³-hybridized carbons (Fsp3) is 0.273. The molecule has 0 saturated carbocycles. The first-order valence-corrected chi connectivity index (χ1v) is 9.13. The van der Waals surface area contributed by atoms with Gasteiger partial charge in [0.2, 0.25) is 0 Å². The molecule has 4 heteroatoms. The van der Waals surface area contributed by atoms with Crippen LogP contribution < -0.4 is 5.32 Å². The van der Waals surface area contributed by atoms with Crippen molar-refractivity contribution in [1.82, 2.24) is 15.3 Å². The Balaban J connectivity index is 1.62. The number of aromatic amines is 1. The second kappa shape index (κ2) is 5.31. The van der Waals surface area contributed by atoms with Crippen LogP contribution in [0.1, 0.15) is 38.1 Å². The van der Waals surface area contributed by atoms with Gasteiger partial charge < -0.3 is 10.3 Å². The summed E-state index contributed by atoms with van der Waals surface area (Å²) in [6.45, 7) is 4.14. The second-order valence-electron chi connectivity index (χ2n) is 7.94. The fourth-order valence-electron chi connectivity index (χ4n) is 4.09. The van der Waals surface area contributed by atoms with Crippen molar-refractivity contribution < 1.29 is 4.79 Å². The third kappa shape index (κ3) is 2.37. The number of ketones is 1. The van der Waals surface area contributed by atoms with E-state index in [1.54, 1.807) is 0 Å². The summed E-state index contributed by atoms with van der Waals surface area (Å²) in [4.78, 5) is 20.9. The quantitative estimate of drug-likeness (QED) is 0.695. The molecule has 2 N–H and O–H groups in total. The van der Waals surface area contributed by atoms with Crippen LogP contribution in [0.4, 0.5) is 0 Å². The Morgan fingerprint density at radius 3 is 2.69 bits per heavy atom. The number of rotatable bonds is 1. The Hall–Kier alpha value is -2.88. The molecule has 0 spiro atoms. The lowest BCUT2D eigenvalue weighted by atomic mass is 9.83. The lowest BCUT2D eigenvalue weighted by Crippen LogP contribution is -2.45. The van der Waals surface area contributed by atoms with E-state index < -0.39 is 0 Å². The standard InChI is InChI=1S/C22H21N3O/c1-22(2)12-18(26)16-9-10-17-20(19(16)25-22)24-21(23-17)15-8-7-13-5-3-4-6-14(13)11-15/h3-8,11,25H,9-10,12H2,1-2H3,(H,23,24). The van der Waals surface area contributed by atoms with Crippen LogP contribution in [-0.2, 0) is 11.2 Å². The highest BCUT2D eigenvalue weighted by Gasteiger charge is 2.36. The Morgan fingerprint density at radius 1 is 1.04 bits per heavy atom. The minimum atomic E-state index is -0.230. The maximum atomic E-state index is 12.5. The highest BCUT2D eigenvalue weighted by Crippen LogP contribution is 2.37. The molecule has 0 atom stereocenters. The van der Waals surface area contributed by atoms with E-state index in [4.69, 9.17) is 4.98 Å². The summed E-state index contributed by atoms with van der Waals surface area (Å²) in [6, 6.07) is 14.7. The molecule has 2 heterocycles. The van der Waals surface area contributed by atoms with Crippen molar-refractivity contribution in [2.24, 2.45) is 0 Å². The molecule has 1 aromatic heterocycles. The van der Waals surface area contributed by atoms with Crippen LogP contribution in [0.25, 0.3) is 27.9 Å². The van der Waals surface area contributed by atoms with E-state index in [1.165, 1.54) is 10.8 Å². The molecule has 0 fully saturated rings. The Labute approximate surface area is 152 Å². The molecule has 0 radical (unpaired) electrons. The molecule has 1 aliphatic heterocycles. The minimum Gasteiger partial charge on any atom is -0.378 e. The molecule has 0 unspecified atom stereocenters. The van der Waals surface area contributed by atoms with Crippen LogP contribution in [0.15, 0.2) is 48.0 Å². The Kier molecular flexibility index (Phi) is 3.14. The minimum absolute atomic E-state index is 0.230. The number of H-pyrrole nitrogens is 1. The van der Waals surface area contributed by atoms with Gasteiger partial charge in [0.1, 0.15) is 11.5 Å². The molecular formula is C22H21N3O. The van der Waals surface area contributed by atoms with Crippen molar-refractivity contribution in [2.75, 3.05) is 0 Å². The first-order valence-electron chi connectivity index (χ1n) is 9.13. The van der Waals surface area contributed by atoms with Crippen molar-refractivity contribution >= 4 is 22.3 Å². The average molecular weight is 343 g/mol.